The Morgan fingerprint density at radius 1 is 0.926 bits per heavy atom. The van der Waals surface area contributed by atoms with Crippen LogP contribution >= 0.6 is 0 Å². The lowest BCUT2D eigenvalue weighted by Crippen LogP contribution is -2.13. The molecule has 0 aliphatic heterocycles. The molecular weight excluding hydrogens is 344 g/mol. The molecule has 0 fully saturated rings. The van der Waals surface area contributed by atoms with Gasteiger partial charge in [-0.15, -0.1) is 0 Å². The van der Waals surface area contributed by atoms with E-state index in [1.165, 1.54) is 6.92 Å². The molecule has 0 atom stereocenters. The Morgan fingerprint density at radius 3 is 2.30 bits per heavy atom. The number of amides is 2. The number of hydrogen-bond acceptors (Lipinski definition) is 4. The first-order valence-electron chi connectivity index (χ1n) is 8.25. The van der Waals surface area contributed by atoms with E-state index >= 15 is 0 Å². The first-order chi connectivity index (χ1) is 12.9. The number of ketones is 1. The quantitative estimate of drug-likeness (QED) is 0.683. The zero-order valence-corrected chi connectivity index (χ0v) is 14.9. The van der Waals surface area contributed by atoms with Gasteiger partial charge in [-0.2, -0.15) is 0 Å². The Labute approximate surface area is 156 Å². The van der Waals surface area contributed by atoms with E-state index in [1.54, 1.807) is 72.5 Å². The van der Waals surface area contributed by atoms with Gasteiger partial charge in [0.25, 0.3) is 5.91 Å². The van der Waals surface area contributed by atoms with Crippen molar-refractivity contribution in [1.82, 2.24) is 9.55 Å². The molecule has 136 valence electrons. The van der Waals surface area contributed by atoms with E-state index in [2.05, 4.69) is 15.6 Å². The van der Waals surface area contributed by atoms with Crippen LogP contribution in [0, 0.1) is 0 Å². The average molecular weight is 362 g/mol. The third-order valence-electron chi connectivity index (χ3n) is 3.87. The summed E-state index contributed by atoms with van der Waals surface area (Å²) in [6.45, 7) is 1.40. The van der Waals surface area contributed by atoms with E-state index < -0.39 is 0 Å². The molecule has 7 nitrogen and oxygen atoms in total. The van der Waals surface area contributed by atoms with Crippen LogP contribution in [0.5, 0.6) is 0 Å². The number of rotatable bonds is 5. The Kier molecular flexibility index (Phi) is 5.12. The topological polar surface area (TPSA) is 93.1 Å². The minimum atomic E-state index is -0.314. The summed E-state index contributed by atoms with van der Waals surface area (Å²) in [5, 5.41) is 5.40. The van der Waals surface area contributed by atoms with Crippen LogP contribution in [0.1, 0.15) is 33.5 Å². The van der Waals surface area contributed by atoms with Crippen LogP contribution in [0.4, 0.5) is 11.4 Å². The fourth-order valence-corrected chi connectivity index (χ4v) is 2.56. The summed E-state index contributed by atoms with van der Waals surface area (Å²) in [5.74, 6) is -0.365. The van der Waals surface area contributed by atoms with Crippen molar-refractivity contribution < 1.29 is 14.4 Å². The predicted octanol–water partition coefficient (Wildman–Crippen LogP) is 2.86. The van der Waals surface area contributed by atoms with E-state index in [0.717, 1.165) is 0 Å². The van der Waals surface area contributed by atoms with Crippen LogP contribution in [-0.4, -0.2) is 27.1 Å². The summed E-state index contributed by atoms with van der Waals surface area (Å²) in [6, 6.07) is 13.2. The summed E-state index contributed by atoms with van der Waals surface area (Å²) in [7, 11) is 1.75. The Hall–Kier alpha value is -3.74. The van der Waals surface area contributed by atoms with Crippen molar-refractivity contribution in [3.05, 3.63) is 77.9 Å². The van der Waals surface area contributed by atoms with Crippen molar-refractivity contribution in [3.63, 3.8) is 0 Å². The highest BCUT2D eigenvalue weighted by atomic mass is 16.2. The smallest absolute Gasteiger partial charge is 0.255 e. The highest BCUT2D eigenvalue weighted by Crippen LogP contribution is 2.16. The zero-order chi connectivity index (χ0) is 19.4. The number of hydrogen-bond donors (Lipinski definition) is 2. The fourth-order valence-electron chi connectivity index (χ4n) is 2.56. The molecule has 0 spiro atoms. The number of nitrogens with zero attached hydrogens (tertiary/aromatic N) is 2. The number of benzene rings is 2. The second-order valence-electron chi connectivity index (χ2n) is 5.98. The first kappa shape index (κ1) is 18.1. The zero-order valence-electron chi connectivity index (χ0n) is 14.9. The monoisotopic (exact) mass is 362 g/mol. The molecular formula is C20H18N4O3. The standard InChI is InChI=1S/C20H18N4O3/c1-13(25)22-17-5-3-4-15(12-17)20(27)23-16-8-6-14(7-9-16)18(26)19-21-10-11-24(19)2/h3-12H,1-2H3,(H,22,25)(H,23,27). The van der Waals surface area contributed by atoms with Gasteiger partial charge in [-0.1, -0.05) is 6.07 Å². The molecule has 2 amide bonds. The molecule has 0 bridgehead atoms. The fraction of sp³-hybridized carbons (Fsp3) is 0.100. The lowest BCUT2D eigenvalue weighted by molar-refractivity contribution is -0.114. The SMILES string of the molecule is CC(=O)Nc1cccc(C(=O)Nc2ccc(C(=O)c3nccn3C)cc2)c1. The minimum absolute atomic E-state index is 0.191. The number of aromatic nitrogens is 2. The van der Waals surface area contributed by atoms with Gasteiger partial charge in [0.05, 0.1) is 0 Å². The number of anilines is 2. The lowest BCUT2D eigenvalue weighted by Gasteiger charge is -2.08. The van der Waals surface area contributed by atoms with E-state index in [0.29, 0.717) is 28.3 Å². The van der Waals surface area contributed by atoms with Crippen LogP contribution in [0.3, 0.4) is 0 Å². The van der Waals surface area contributed by atoms with Crippen LogP contribution in [0.25, 0.3) is 0 Å². The van der Waals surface area contributed by atoms with E-state index in [4.69, 9.17) is 0 Å². The van der Waals surface area contributed by atoms with Crippen molar-refractivity contribution in [2.45, 2.75) is 6.92 Å². The second kappa shape index (κ2) is 7.65. The van der Waals surface area contributed by atoms with E-state index in [9.17, 15) is 14.4 Å². The van der Waals surface area contributed by atoms with Gasteiger partial charge in [0.15, 0.2) is 5.82 Å². The normalized spacial score (nSPS) is 10.3. The molecule has 2 N–H and O–H groups in total. The molecule has 0 saturated heterocycles. The van der Waals surface area contributed by atoms with E-state index in [1.807, 2.05) is 0 Å². The lowest BCUT2D eigenvalue weighted by atomic mass is 10.1. The Bertz CT molecular complexity index is 1010. The summed E-state index contributed by atoms with van der Waals surface area (Å²) in [6.07, 6.45) is 3.27. The number of imidazole rings is 1. The second-order valence-corrected chi connectivity index (χ2v) is 5.98. The molecule has 27 heavy (non-hydrogen) atoms. The van der Waals surface area contributed by atoms with Gasteiger partial charge in [-0.3, -0.25) is 14.4 Å². The van der Waals surface area contributed by atoms with Crippen LogP contribution in [0.2, 0.25) is 0 Å². The molecule has 3 rings (SSSR count). The number of carbonyl (C=O) groups excluding carboxylic acids is 3. The average Bonchev–Trinajstić information content (AvgIpc) is 3.07. The van der Waals surface area contributed by atoms with Gasteiger partial charge in [0, 0.05) is 48.9 Å². The van der Waals surface area contributed by atoms with Crippen molar-refractivity contribution in [2.75, 3.05) is 10.6 Å². The minimum Gasteiger partial charge on any atom is -0.331 e. The molecule has 0 aliphatic rings. The van der Waals surface area contributed by atoms with Gasteiger partial charge in [-0.25, -0.2) is 4.98 Å². The summed E-state index contributed by atoms with van der Waals surface area (Å²) in [5.41, 5.74) is 2.00. The molecule has 0 saturated carbocycles. The maximum atomic E-state index is 12.4. The van der Waals surface area contributed by atoms with Gasteiger partial charge in [-0.05, 0) is 42.5 Å². The maximum Gasteiger partial charge on any atom is 0.255 e. The Morgan fingerprint density at radius 2 is 1.67 bits per heavy atom. The number of aryl methyl sites for hydroxylation is 1. The van der Waals surface area contributed by atoms with Gasteiger partial charge < -0.3 is 15.2 Å². The molecule has 2 aromatic carbocycles. The first-order valence-corrected chi connectivity index (χ1v) is 8.25. The van der Waals surface area contributed by atoms with Gasteiger partial charge >= 0.3 is 0 Å². The van der Waals surface area contributed by atoms with Crippen LogP contribution in [-0.2, 0) is 11.8 Å². The molecule has 7 heteroatoms. The third kappa shape index (κ3) is 4.27. The third-order valence-corrected chi connectivity index (χ3v) is 3.87. The predicted molar refractivity (Wildman–Crippen MR) is 102 cm³/mol. The van der Waals surface area contributed by atoms with Crippen molar-refractivity contribution >= 4 is 29.0 Å². The molecule has 0 radical (unpaired) electrons. The molecule has 0 aliphatic carbocycles. The summed E-state index contributed by atoms with van der Waals surface area (Å²) in [4.78, 5) is 40.0. The van der Waals surface area contributed by atoms with Crippen molar-refractivity contribution in [1.29, 1.82) is 0 Å². The maximum absolute atomic E-state index is 12.4. The van der Waals surface area contributed by atoms with Crippen LogP contribution in [0.15, 0.2) is 60.9 Å². The number of carbonyl (C=O) groups is 3. The summed E-state index contributed by atoms with van der Waals surface area (Å²) < 4.78 is 1.65. The van der Waals surface area contributed by atoms with Gasteiger partial charge in [0.2, 0.25) is 11.7 Å². The highest BCUT2D eigenvalue weighted by molar-refractivity contribution is 6.08. The highest BCUT2D eigenvalue weighted by Gasteiger charge is 2.14. The van der Waals surface area contributed by atoms with Crippen LogP contribution < -0.4 is 10.6 Å². The Balaban J connectivity index is 1.71. The van der Waals surface area contributed by atoms with E-state index in [-0.39, 0.29) is 17.6 Å². The van der Waals surface area contributed by atoms with Gasteiger partial charge in [0.1, 0.15) is 0 Å². The summed E-state index contributed by atoms with van der Waals surface area (Å²) >= 11 is 0. The molecule has 0 unspecified atom stereocenters. The molecule has 3 aromatic rings. The van der Waals surface area contributed by atoms with Crippen molar-refractivity contribution in [2.24, 2.45) is 7.05 Å². The molecule has 1 aromatic heterocycles. The van der Waals surface area contributed by atoms with Crippen molar-refractivity contribution in [3.8, 4) is 0 Å². The number of nitrogens with one attached hydrogen (secondary N) is 2. The molecule has 1 heterocycles. The largest absolute Gasteiger partial charge is 0.331 e.